The third-order valence-corrected chi connectivity index (χ3v) is 6.51. The van der Waals surface area contributed by atoms with Crippen molar-refractivity contribution in [1.82, 2.24) is 9.80 Å². The largest absolute Gasteiger partial charge is 0.366 e. The maximum absolute atomic E-state index is 11.7. The van der Waals surface area contributed by atoms with Gasteiger partial charge in [0, 0.05) is 32.2 Å². The number of benzene rings is 1. The lowest BCUT2D eigenvalue weighted by atomic mass is 9.95. The summed E-state index contributed by atoms with van der Waals surface area (Å²) in [5, 5.41) is 11.7. The van der Waals surface area contributed by atoms with Crippen molar-refractivity contribution in [1.29, 1.82) is 0 Å². The monoisotopic (exact) mass is 372 g/mol. The van der Waals surface area contributed by atoms with Gasteiger partial charge in [0.25, 0.3) is 5.69 Å². The van der Waals surface area contributed by atoms with Crippen LogP contribution in [-0.4, -0.2) is 60.5 Å². The summed E-state index contributed by atoms with van der Waals surface area (Å²) in [6.45, 7) is 8.65. The van der Waals surface area contributed by atoms with Crippen molar-refractivity contribution in [3.05, 3.63) is 33.9 Å². The highest BCUT2D eigenvalue weighted by atomic mass is 16.6. The molecule has 3 aliphatic rings. The van der Waals surface area contributed by atoms with E-state index in [1.165, 1.54) is 45.3 Å². The second-order valence-electron chi connectivity index (χ2n) is 8.50. The Morgan fingerprint density at radius 2 is 1.56 bits per heavy atom. The summed E-state index contributed by atoms with van der Waals surface area (Å²) in [5.41, 5.74) is 2.16. The molecule has 6 heteroatoms. The summed E-state index contributed by atoms with van der Waals surface area (Å²) >= 11 is 0. The number of piperidine rings is 1. The van der Waals surface area contributed by atoms with Gasteiger partial charge >= 0.3 is 0 Å². The molecule has 27 heavy (non-hydrogen) atoms. The van der Waals surface area contributed by atoms with Crippen molar-refractivity contribution in [3.8, 4) is 0 Å². The first-order chi connectivity index (χ1) is 13.2. The predicted molar refractivity (Wildman–Crippen MR) is 108 cm³/mol. The topological polar surface area (TPSA) is 52.9 Å². The molecule has 0 radical (unpaired) electrons. The molecule has 0 aromatic heterocycles. The summed E-state index contributed by atoms with van der Waals surface area (Å²) in [4.78, 5) is 18.7. The Labute approximate surface area is 162 Å². The van der Waals surface area contributed by atoms with E-state index in [0.717, 1.165) is 62.7 Å². The lowest BCUT2D eigenvalue weighted by Crippen LogP contribution is -2.38. The van der Waals surface area contributed by atoms with Crippen LogP contribution in [0.5, 0.6) is 0 Å². The maximum Gasteiger partial charge on any atom is 0.292 e. The van der Waals surface area contributed by atoms with Crippen molar-refractivity contribution in [3.63, 3.8) is 0 Å². The van der Waals surface area contributed by atoms with E-state index in [1.54, 1.807) is 0 Å². The average Bonchev–Trinajstić information content (AvgIpc) is 3.37. The number of nitro groups is 1. The third kappa shape index (κ3) is 4.61. The Balaban J connectivity index is 1.39. The smallest absolute Gasteiger partial charge is 0.292 e. The third-order valence-electron chi connectivity index (χ3n) is 6.51. The summed E-state index contributed by atoms with van der Waals surface area (Å²) in [6.07, 6.45) is 7.45. The van der Waals surface area contributed by atoms with Crippen LogP contribution in [0.1, 0.15) is 44.1 Å². The Morgan fingerprint density at radius 3 is 2.19 bits per heavy atom. The predicted octanol–water partition coefficient (Wildman–Crippen LogP) is 3.50. The van der Waals surface area contributed by atoms with Gasteiger partial charge in [-0.15, -0.1) is 0 Å². The van der Waals surface area contributed by atoms with E-state index >= 15 is 0 Å². The lowest BCUT2D eigenvalue weighted by Gasteiger charge is -2.35. The molecule has 0 atom stereocenters. The van der Waals surface area contributed by atoms with E-state index in [0.29, 0.717) is 0 Å². The van der Waals surface area contributed by atoms with E-state index in [-0.39, 0.29) is 10.6 Å². The second kappa shape index (κ2) is 8.57. The van der Waals surface area contributed by atoms with Crippen molar-refractivity contribution in [2.75, 3.05) is 50.7 Å². The van der Waals surface area contributed by atoms with Gasteiger partial charge in [-0.25, -0.2) is 0 Å². The fourth-order valence-electron chi connectivity index (χ4n) is 4.97. The number of hydrogen-bond donors (Lipinski definition) is 0. The molecule has 6 nitrogen and oxygen atoms in total. The quantitative estimate of drug-likeness (QED) is 0.565. The van der Waals surface area contributed by atoms with Gasteiger partial charge in [-0.05, 0) is 82.3 Å². The van der Waals surface area contributed by atoms with E-state index in [4.69, 9.17) is 0 Å². The number of nitrogens with zero attached hydrogens (tertiary/aromatic N) is 4. The number of hydrogen-bond acceptors (Lipinski definition) is 5. The summed E-state index contributed by atoms with van der Waals surface area (Å²) in [6, 6.07) is 5.89. The van der Waals surface area contributed by atoms with Crippen LogP contribution in [0.15, 0.2) is 18.2 Å². The first-order valence-electron chi connectivity index (χ1n) is 10.7. The van der Waals surface area contributed by atoms with Crippen LogP contribution in [0.2, 0.25) is 0 Å². The van der Waals surface area contributed by atoms with Crippen molar-refractivity contribution in [2.45, 2.75) is 45.1 Å². The molecule has 0 spiro atoms. The number of rotatable bonds is 6. The highest BCUT2D eigenvalue weighted by molar-refractivity contribution is 5.64. The minimum atomic E-state index is -0.195. The molecule has 0 bridgehead atoms. The molecule has 1 aromatic carbocycles. The first kappa shape index (κ1) is 18.7. The van der Waals surface area contributed by atoms with Gasteiger partial charge in [0.1, 0.15) is 5.69 Å². The van der Waals surface area contributed by atoms with Crippen molar-refractivity contribution < 1.29 is 4.92 Å². The number of likely N-dealkylation sites (tertiary alicyclic amines) is 2. The molecule has 3 aliphatic heterocycles. The van der Waals surface area contributed by atoms with Crippen LogP contribution >= 0.6 is 0 Å². The first-order valence-corrected chi connectivity index (χ1v) is 10.7. The summed E-state index contributed by atoms with van der Waals surface area (Å²) in [7, 11) is 0. The molecular weight excluding hydrogens is 340 g/mol. The molecule has 0 amide bonds. The molecule has 0 unspecified atom stereocenters. The molecule has 0 saturated carbocycles. The number of nitro benzene ring substituents is 1. The van der Waals surface area contributed by atoms with Crippen LogP contribution in [0.4, 0.5) is 11.4 Å². The van der Waals surface area contributed by atoms with Gasteiger partial charge in [0.05, 0.1) is 4.92 Å². The molecule has 0 N–H and O–H groups in total. The molecule has 3 saturated heterocycles. The van der Waals surface area contributed by atoms with Crippen LogP contribution < -0.4 is 4.90 Å². The zero-order chi connectivity index (χ0) is 18.6. The molecule has 148 valence electrons. The Morgan fingerprint density at radius 1 is 0.926 bits per heavy atom. The van der Waals surface area contributed by atoms with E-state index in [9.17, 15) is 10.1 Å². The van der Waals surface area contributed by atoms with E-state index in [1.807, 2.05) is 12.1 Å². The minimum Gasteiger partial charge on any atom is -0.366 e. The van der Waals surface area contributed by atoms with E-state index < -0.39 is 0 Å². The highest BCUT2D eigenvalue weighted by Gasteiger charge is 2.27. The number of anilines is 1. The standard InChI is InChI=1S/C21H32N4O2/c26-25(27)21-15-19(17-23-11-3-4-12-23)5-6-20(21)24-13-7-18(8-14-24)16-22-9-1-2-10-22/h5-6,15,18H,1-4,7-14,16-17H2. The van der Waals surface area contributed by atoms with E-state index in [2.05, 4.69) is 20.8 Å². The van der Waals surface area contributed by atoms with Gasteiger partial charge < -0.3 is 9.80 Å². The summed E-state index contributed by atoms with van der Waals surface area (Å²) < 4.78 is 0. The molecule has 4 rings (SSSR count). The van der Waals surface area contributed by atoms with Crippen LogP contribution in [0.3, 0.4) is 0 Å². The molecular formula is C21H32N4O2. The SMILES string of the molecule is O=[N+]([O-])c1cc(CN2CCCC2)ccc1N1CCC(CN2CCCC2)CC1. The van der Waals surface area contributed by atoms with Crippen LogP contribution in [-0.2, 0) is 6.54 Å². The summed E-state index contributed by atoms with van der Waals surface area (Å²) in [5.74, 6) is 0.743. The van der Waals surface area contributed by atoms with Gasteiger partial charge in [0.15, 0.2) is 0 Å². The van der Waals surface area contributed by atoms with Crippen molar-refractivity contribution in [2.24, 2.45) is 5.92 Å². The average molecular weight is 373 g/mol. The Bertz CT molecular complexity index is 646. The lowest BCUT2D eigenvalue weighted by molar-refractivity contribution is -0.384. The van der Waals surface area contributed by atoms with Crippen LogP contribution in [0, 0.1) is 16.0 Å². The second-order valence-corrected chi connectivity index (χ2v) is 8.50. The molecule has 0 aliphatic carbocycles. The fraction of sp³-hybridized carbons (Fsp3) is 0.714. The zero-order valence-corrected chi connectivity index (χ0v) is 16.3. The van der Waals surface area contributed by atoms with Gasteiger partial charge in [-0.3, -0.25) is 15.0 Å². The molecule has 3 heterocycles. The van der Waals surface area contributed by atoms with Gasteiger partial charge in [-0.2, -0.15) is 0 Å². The zero-order valence-electron chi connectivity index (χ0n) is 16.3. The maximum atomic E-state index is 11.7. The van der Waals surface area contributed by atoms with Gasteiger partial charge in [-0.1, -0.05) is 6.07 Å². The van der Waals surface area contributed by atoms with Gasteiger partial charge in [0.2, 0.25) is 0 Å². The Hall–Kier alpha value is -1.66. The highest BCUT2D eigenvalue weighted by Crippen LogP contribution is 2.33. The molecule has 1 aromatic rings. The Kier molecular flexibility index (Phi) is 5.93. The van der Waals surface area contributed by atoms with Crippen LogP contribution in [0.25, 0.3) is 0 Å². The molecule has 3 fully saturated rings. The fourth-order valence-corrected chi connectivity index (χ4v) is 4.97. The van der Waals surface area contributed by atoms with Crippen molar-refractivity contribution >= 4 is 11.4 Å². The minimum absolute atomic E-state index is 0.195. The normalized spacial score (nSPS) is 22.6.